The van der Waals surface area contributed by atoms with Crippen LogP contribution in [-0.4, -0.2) is 26.2 Å². The number of fused-ring (bicyclic) bond motifs is 1. The number of rotatable bonds is 2. The number of nitrogens with one attached hydrogen (secondary N) is 1. The van der Waals surface area contributed by atoms with Gasteiger partial charge in [0.2, 0.25) is 0 Å². The topological polar surface area (TPSA) is 63.0 Å². The molecule has 0 unspecified atom stereocenters. The number of nitrogens with zero attached hydrogens (tertiary/aromatic N) is 3. The molecule has 14 heavy (non-hydrogen) atoms. The molecule has 0 aromatic carbocycles. The molecule has 74 valence electrons. The standard InChI is InChI=1S/C9H12N4O/c1-6(2)11-9-8-7(13(14)12-9)4-3-5-10-8/h3-6,14H,1-2H3,(H,11,12). The van der Waals surface area contributed by atoms with Gasteiger partial charge in [-0.05, 0) is 26.0 Å². The number of hydrogen-bond acceptors (Lipinski definition) is 4. The highest BCUT2D eigenvalue weighted by atomic mass is 16.5. The summed E-state index contributed by atoms with van der Waals surface area (Å²) in [6, 6.07) is 3.78. The summed E-state index contributed by atoms with van der Waals surface area (Å²) in [5.41, 5.74) is 1.29. The Morgan fingerprint density at radius 1 is 1.50 bits per heavy atom. The predicted octanol–water partition coefficient (Wildman–Crippen LogP) is 1.49. The van der Waals surface area contributed by atoms with E-state index in [2.05, 4.69) is 15.4 Å². The Labute approximate surface area is 81.3 Å². The van der Waals surface area contributed by atoms with Crippen molar-refractivity contribution < 1.29 is 5.21 Å². The first-order valence-electron chi connectivity index (χ1n) is 4.48. The maximum absolute atomic E-state index is 9.43. The van der Waals surface area contributed by atoms with E-state index in [1.54, 1.807) is 18.3 Å². The van der Waals surface area contributed by atoms with Crippen molar-refractivity contribution in [2.24, 2.45) is 0 Å². The number of hydrogen-bond donors (Lipinski definition) is 2. The van der Waals surface area contributed by atoms with Gasteiger partial charge in [0, 0.05) is 12.2 Å². The van der Waals surface area contributed by atoms with Crippen LogP contribution >= 0.6 is 0 Å². The summed E-state index contributed by atoms with van der Waals surface area (Å²) in [6.45, 7) is 4.01. The number of anilines is 1. The molecule has 0 saturated heterocycles. The average Bonchev–Trinajstić information content (AvgIpc) is 2.44. The Bertz CT molecular complexity index is 449. The molecule has 0 amide bonds. The highest BCUT2D eigenvalue weighted by Gasteiger charge is 2.10. The maximum Gasteiger partial charge on any atom is 0.178 e. The van der Waals surface area contributed by atoms with Gasteiger partial charge in [-0.1, -0.05) is 4.85 Å². The van der Waals surface area contributed by atoms with E-state index < -0.39 is 0 Å². The van der Waals surface area contributed by atoms with E-state index in [9.17, 15) is 5.21 Å². The third kappa shape index (κ3) is 1.37. The number of aromatic nitrogens is 3. The Balaban J connectivity index is 2.55. The highest BCUT2D eigenvalue weighted by molar-refractivity contribution is 5.85. The summed E-state index contributed by atoms with van der Waals surface area (Å²) in [5, 5.41) is 16.5. The van der Waals surface area contributed by atoms with Crippen molar-refractivity contribution in [3.05, 3.63) is 18.3 Å². The summed E-state index contributed by atoms with van der Waals surface area (Å²) in [7, 11) is 0. The zero-order valence-corrected chi connectivity index (χ0v) is 8.10. The van der Waals surface area contributed by atoms with E-state index in [1.165, 1.54) is 0 Å². The maximum atomic E-state index is 9.43. The molecule has 0 fully saturated rings. The quantitative estimate of drug-likeness (QED) is 0.707. The van der Waals surface area contributed by atoms with Gasteiger partial charge in [0.25, 0.3) is 0 Å². The molecule has 0 aliphatic carbocycles. The first kappa shape index (κ1) is 8.80. The fourth-order valence-electron chi connectivity index (χ4n) is 1.31. The lowest BCUT2D eigenvalue weighted by atomic mass is 10.3. The molecular formula is C9H12N4O. The number of pyridine rings is 1. The molecule has 0 aliphatic heterocycles. The van der Waals surface area contributed by atoms with Gasteiger partial charge in [-0.2, -0.15) is 0 Å². The monoisotopic (exact) mass is 192 g/mol. The first-order chi connectivity index (χ1) is 6.68. The Morgan fingerprint density at radius 2 is 2.29 bits per heavy atom. The molecular weight excluding hydrogens is 180 g/mol. The predicted molar refractivity (Wildman–Crippen MR) is 53.5 cm³/mol. The zero-order chi connectivity index (χ0) is 10.1. The van der Waals surface area contributed by atoms with Gasteiger partial charge in [0.05, 0.1) is 0 Å². The molecule has 2 N–H and O–H groups in total. The van der Waals surface area contributed by atoms with Crippen molar-refractivity contribution >= 4 is 16.9 Å². The molecule has 2 aromatic heterocycles. The first-order valence-corrected chi connectivity index (χ1v) is 4.48. The van der Waals surface area contributed by atoms with Crippen LogP contribution in [0.3, 0.4) is 0 Å². The van der Waals surface area contributed by atoms with Gasteiger partial charge in [0.15, 0.2) is 5.82 Å². The fraction of sp³-hybridized carbons (Fsp3) is 0.333. The van der Waals surface area contributed by atoms with Crippen LogP contribution in [0.4, 0.5) is 5.82 Å². The molecule has 2 heterocycles. The molecule has 0 atom stereocenters. The minimum Gasteiger partial charge on any atom is -0.411 e. The molecule has 0 saturated carbocycles. The summed E-state index contributed by atoms with van der Waals surface area (Å²) in [6.07, 6.45) is 1.68. The van der Waals surface area contributed by atoms with Crippen LogP contribution in [0.2, 0.25) is 0 Å². The zero-order valence-electron chi connectivity index (χ0n) is 8.10. The molecule has 2 aromatic rings. The second-order valence-corrected chi connectivity index (χ2v) is 3.41. The summed E-state index contributed by atoms with van der Waals surface area (Å²) in [5.74, 6) is 0.609. The summed E-state index contributed by atoms with van der Waals surface area (Å²) >= 11 is 0. The molecule has 0 spiro atoms. The van der Waals surface area contributed by atoms with Crippen molar-refractivity contribution in [1.82, 2.24) is 14.9 Å². The lowest BCUT2D eigenvalue weighted by Gasteiger charge is -2.04. The second-order valence-electron chi connectivity index (χ2n) is 3.41. The Hall–Kier alpha value is -1.78. The smallest absolute Gasteiger partial charge is 0.178 e. The van der Waals surface area contributed by atoms with E-state index in [0.29, 0.717) is 16.9 Å². The lowest BCUT2D eigenvalue weighted by Crippen LogP contribution is -2.10. The van der Waals surface area contributed by atoms with E-state index in [-0.39, 0.29) is 6.04 Å². The highest BCUT2D eigenvalue weighted by Crippen LogP contribution is 2.19. The summed E-state index contributed by atoms with van der Waals surface area (Å²) in [4.78, 5) is 4.99. The van der Waals surface area contributed by atoms with Gasteiger partial charge in [-0.3, -0.25) is 4.98 Å². The molecule has 2 rings (SSSR count). The van der Waals surface area contributed by atoms with Gasteiger partial charge < -0.3 is 10.5 Å². The van der Waals surface area contributed by atoms with E-state index in [4.69, 9.17) is 0 Å². The fourth-order valence-corrected chi connectivity index (χ4v) is 1.31. The van der Waals surface area contributed by atoms with Crippen molar-refractivity contribution in [1.29, 1.82) is 0 Å². The molecule has 0 bridgehead atoms. The van der Waals surface area contributed by atoms with Crippen molar-refractivity contribution in [2.45, 2.75) is 19.9 Å². The van der Waals surface area contributed by atoms with Gasteiger partial charge >= 0.3 is 0 Å². The largest absolute Gasteiger partial charge is 0.411 e. The van der Waals surface area contributed by atoms with Crippen LogP contribution in [-0.2, 0) is 0 Å². The van der Waals surface area contributed by atoms with Gasteiger partial charge in [0.1, 0.15) is 11.0 Å². The van der Waals surface area contributed by atoms with Crippen LogP contribution < -0.4 is 5.32 Å². The van der Waals surface area contributed by atoms with Crippen molar-refractivity contribution in [3.8, 4) is 0 Å². The summed E-state index contributed by atoms with van der Waals surface area (Å²) < 4.78 is 0. The van der Waals surface area contributed by atoms with Gasteiger partial charge in [-0.25, -0.2) is 0 Å². The van der Waals surface area contributed by atoms with Gasteiger partial charge in [-0.15, -0.1) is 5.10 Å². The normalized spacial score (nSPS) is 11.1. The van der Waals surface area contributed by atoms with Crippen LogP contribution in [0.15, 0.2) is 18.3 Å². The third-order valence-corrected chi connectivity index (χ3v) is 1.85. The average molecular weight is 192 g/mol. The van der Waals surface area contributed by atoms with E-state index in [0.717, 1.165) is 4.85 Å². The second kappa shape index (κ2) is 3.17. The lowest BCUT2D eigenvalue weighted by molar-refractivity contribution is 0.162. The van der Waals surface area contributed by atoms with E-state index in [1.807, 2.05) is 13.8 Å². The molecule has 5 nitrogen and oxygen atoms in total. The van der Waals surface area contributed by atoms with Crippen molar-refractivity contribution in [2.75, 3.05) is 5.32 Å². The molecule has 5 heteroatoms. The van der Waals surface area contributed by atoms with E-state index >= 15 is 0 Å². The minimum atomic E-state index is 0.259. The minimum absolute atomic E-state index is 0.259. The SMILES string of the molecule is CC(C)Nc1nn(O)c2cccnc12. The Morgan fingerprint density at radius 3 is 3.00 bits per heavy atom. The van der Waals surface area contributed by atoms with Crippen LogP contribution in [0.25, 0.3) is 11.0 Å². The molecule has 0 radical (unpaired) electrons. The van der Waals surface area contributed by atoms with Crippen LogP contribution in [0.5, 0.6) is 0 Å². The Kier molecular flexibility index (Phi) is 1.99. The van der Waals surface area contributed by atoms with Crippen LogP contribution in [0, 0.1) is 0 Å². The van der Waals surface area contributed by atoms with Crippen LogP contribution in [0.1, 0.15) is 13.8 Å². The molecule has 0 aliphatic rings. The van der Waals surface area contributed by atoms with Crippen molar-refractivity contribution in [3.63, 3.8) is 0 Å². The third-order valence-electron chi connectivity index (χ3n) is 1.85.